The van der Waals surface area contributed by atoms with E-state index in [1.807, 2.05) is 6.07 Å². The monoisotopic (exact) mass is 535 g/mol. The van der Waals surface area contributed by atoms with Crippen molar-refractivity contribution in [1.82, 2.24) is 9.88 Å². The lowest BCUT2D eigenvalue weighted by Crippen LogP contribution is -2.50. The van der Waals surface area contributed by atoms with Crippen molar-refractivity contribution < 1.29 is 24.1 Å². The average Bonchev–Trinajstić information content (AvgIpc) is 3.39. The van der Waals surface area contributed by atoms with Crippen LogP contribution in [0.4, 0.5) is 4.39 Å². The number of carbonyl (C=O) groups is 1. The molecule has 7 nitrogen and oxygen atoms in total. The van der Waals surface area contributed by atoms with Gasteiger partial charge in [-0.3, -0.25) is 14.7 Å². The van der Waals surface area contributed by atoms with Gasteiger partial charge in [0.15, 0.2) is 0 Å². The number of carbonyl (C=O) groups excluding carboxylic acids is 1. The molecular weight excluding hydrogens is 509 g/mol. The summed E-state index contributed by atoms with van der Waals surface area (Å²) >= 11 is 6.18. The van der Waals surface area contributed by atoms with Crippen LogP contribution in [0.5, 0.6) is 0 Å². The summed E-state index contributed by atoms with van der Waals surface area (Å²) in [5, 5.41) is 30.9. The van der Waals surface area contributed by atoms with Crippen molar-refractivity contribution in [3.8, 4) is 6.07 Å². The van der Waals surface area contributed by atoms with Crippen molar-refractivity contribution in [3.63, 3.8) is 0 Å². The Balaban J connectivity index is 1.76. The first kappa shape index (κ1) is 26.3. The van der Waals surface area contributed by atoms with E-state index in [9.17, 15) is 15.0 Å². The Labute approximate surface area is 225 Å². The van der Waals surface area contributed by atoms with E-state index in [1.54, 1.807) is 36.4 Å². The number of nitriles is 1. The number of aliphatic hydroxyl groups is 2. The Morgan fingerprint density at radius 1 is 1.24 bits per heavy atom. The van der Waals surface area contributed by atoms with Crippen molar-refractivity contribution in [2.45, 2.75) is 63.2 Å². The van der Waals surface area contributed by atoms with Gasteiger partial charge in [0.25, 0.3) is 5.91 Å². The van der Waals surface area contributed by atoms with Gasteiger partial charge >= 0.3 is 0 Å². The second-order valence-corrected chi connectivity index (χ2v) is 10.7. The summed E-state index contributed by atoms with van der Waals surface area (Å²) < 4.78 is 22.8. The normalized spacial score (nSPS) is 23.0. The van der Waals surface area contributed by atoms with Crippen LogP contribution in [0.1, 0.15) is 71.4 Å². The van der Waals surface area contributed by atoms with E-state index < -0.39 is 35.3 Å². The molecule has 1 saturated carbocycles. The van der Waals surface area contributed by atoms with Crippen molar-refractivity contribution in [1.29, 1.82) is 5.26 Å². The van der Waals surface area contributed by atoms with Gasteiger partial charge in [0.2, 0.25) is 5.72 Å². The summed E-state index contributed by atoms with van der Waals surface area (Å²) in [7, 11) is 0. The smallest absolute Gasteiger partial charge is 0.257 e. The Kier molecular flexibility index (Phi) is 6.74. The Morgan fingerprint density at radius 2 is 1.97 bits per heavy atom. The number of rotatable bonds is 6. The van der Waals surface area contributed by atoms with Crippen molar-refractivity contribution >= 4 is 17.5 Å². The minimum Gasteiger partial charge on any atom is -0.390 e. The van der Waals surface area contributed by atoms with Gasteiger partial charge in [0.05, 0.1) is 46.7 Å². The van der Waals surface area contributed by atoms with Crippen LogP contribution in [0.25, 0.3) is 0 Å². The molecule has 3 aromatic rings. The summed E-state index contributed by atoms with van der Waals surface area (Å²) in [6.45, 7) is 2.97. The minimum absolute atomic E-state index is 0.00516. The molecule has 5 rings (SSSR count). The Morgan fingerprint density at radius 3 is 2.55 bits per heavy atom. The third-order valence-electron chi connectivity index (χ3n) is 7.24. The highest BCUT2D eigenvalue weighted by Crippen LogP contribution is 2.50. The zero-order valence-corrected chi connectivity index (χ0v) is 21.7. The molecule has 2 N–H and O–H groups in total. The predicted molar refractivity (Wildman–Crippen MR) is 137 cm³/mol. The first-order valence-electron chi connectivity index (χ1n) is 12.4. The van der Waals surface area contributed by atoms with Gasteiger partial charge in [-0.25, -0.2) is 4.39 Å². The van der Waals surface area contributed by atoms with Crippen molar-refractivity contribution in [3.05, 3.63) is 99.1 Å². The van der Waals surface area contributed by atoms with Gasteiger partial charge in [-0.2, -0.15) is 5.26 Å². The Hall–Kier alpha value is -3.35. The highest BCUT2D eigenvalue weighted by molar-refractivity contribution is 6.30. The zero-order chi connectivity index (χ0) is 27.2. The molecule has 2 heterocycles. The lowest BCUT2D eigenvalue weighted by molar-refractivity contribution is -0.169. The number of halogens is 2. The molecule has 2 aliphatic rings. The van der Waals surface area contributed by atoms with Gasteiger partial charge in [-0.05, 0) is 75.1 Å². The molecule has 1 aliphatic carbocycles. The quantitative estimate of drug-likeness (QED) is 0.471. The number of hydrogen-bond donors (Lipinski definition) is 2. The number of pyridine rings is 1. The van der Waals surface area contributed by atoms with Gasteiger partial charge in [0.1, 0.15) is 11.9 Å². The van der Waals surface area contributed by atoms with Gasteiger partial charge in [-0.1, -0.05) is 23.7 Å². The number of aromatic nitrogens is 1. The topological polar surface area (TPSA) is 107 Å². The predicted octanol–water partition coefficient (Wildman–Crippen LogP) is 4.76. The van der Waals surface area contributed by atoms with Crippen LogP contribution >= 0.6 is 11.6 Å². The van der Waals surface area contributed by atoms with Crippen LogP contribution in [0.15, 0.2) is 54.7 Å². The molecule has 9 heteroatoms. The fourth-order valence-corrected chi connectivity index (χ4v) is 5.38. The van der Waals surface area contributed by atoms with E-state index in [4.69, 9.17) is 21.6 Å². The highest BCUT2D eigenvalue weighted by atomic mass is 35.5. The molecule has 38 heavy (non-hydrogen) atoms. The first-order valence-corrected chi connectivity index (χ1v) is 12.8. The zero-order valence-electron chi connectivity index (χ0n) is 21.0. The second kappa shape index (κ2) is 9.75. The van der Waals surface area contributed by atoms with Gasteiger partial charge in [0, 0.05) is 16.8 Å². The Bertz CT molecular complexity index is 1420. The fraction of sp³-hybridized carbons (Fsp3) is 0.345. The third kappa shape index (κ3) is 4.46. The number of ether oxygens (including phenoxy) is 1. The number of benzene rings is 2. The van der Waals surface area contributed by atoms with Crippen LogP contribution in [0.3, 0.4) is 0 Å². The van der Waals surface area contributed by atoms with Gasteiger partial charge < -0.3 is 14.9 Å². The van der Waals surface area contributed by atoms with E-state index in [0.717, 1.165) is 6.42 Å². The van der Waals surface area contributed by atoms with E-state index in [-0.39, 0.29) is 23.2 Å². The van der Waals surface area contributed by atoms with E-state index >= 15 is 4.39 Å². The summed E-state index contributed by atoms with van der Waals surface area (Å²) in [6, 6.07) is 14.6. The number of nitrogens with zero attached hydrogens (tertiary/aromatic N) is 3. The standard InChI is InChI=1S/C29H27ClFN3O4/c1-28(2,37)19-12-22-26(23(31)13-19)29(18-7-9-20(30)10-8-18,38-25-5-3-4-24(25)35)34(27(22)36)16-21-11-6-17(14-32)15-33-21/h6-13,15,24-25,35,37H,3-5,16H2,1-2H3/t24-,25+,29+/m0/s1. The molecule has 0 radical (unpaired) electrons. The molecule has 1 fully saturated rings. The van der Waals surface area contributed by atoms with Crippen LogP contribution in [0, 0.1) is 17.1 Å². The number of aliphatic hydroxyl groups excluding tert-OH is 1. The molecule has 1 amide bonds. The molecule has 1 aliphatic heterocycles. The van der Waals surface area contributed by atoms with Crippen LogP contribution in [-0.2, 0) is 22.6 Å². The molecular formula is C29H27ClFN3O4. The molecule has 0 unspecified atom stereocenters. The average molecular weight is 536 g/mol. The largest absolute Gasteiger partial charge is 0.390 e. The maximum Gasteiger partial charge on any atom is 0.257 e. The molecule has 1 aromatic heterocycles. The first-order chi connectivity index (χ1) is 18.0. The molecule has 196 valence electrons. The fourth-order valence-electron chi connectivity index (χ4n) is 5.26. The number of amides is 1. The van der Waals surface area contributed by atoms with Crippen molar-refractivity contribution in [2.75, 3.05) is 0 Å². The summed E-state index contributed by atoms with van der Waals surface area (Å²) in [6.07, 6.45) is 1.75. The summed E-state index contributed by atoms with van der Waals surface area (Å²) in [5.41, 5.74) is -1.57. The molecule has 0 spiro atoms. The summed E-state index contributed by atoms with van der Waals surface area (Å²) in [4.78, 5) is 19.8. The van der Waals surface area contributed by atoms with Gasteiger partial charge in [-0.15, -0.1) is 0 Å². The second-order valence-electron chi connectivity index (χ2n) is 10.3. The minimum atomic E-state index is -1.75. The van der Waals surface area contributed by atoms with Crippen LogP contribution in [0.2, 0.25) is 5.02 Å². The van der Waals surface area contributed by atoms with E-state index in [2.05, 4.69) is 4.98 Å². The SMILES string of the molecule is CC(C)(O)c1cc(F)c2c(c1)C(=O)N(Cc1ccc(C#N)cn1)[C@@]2(O[C@@H]1CCC[C@@H]1O)c1ccc(Cl)cc1. The summed E-state index contributed by atoms with van der Waals surface area (Å²) in [5.74, 6) is -1.23. The highest BCUT2D eigenvalue weighted by Gasteiger charge is 2.56. The number of fused-ring (bicyclic) bond motifs is 1. The maximum absolute atomic E-state index is 16.2. The lowest BCUT2D eigenvalue weighted by Gasteiger charge is -2.42. The van der Waals surface area contributed by atoms with E-state index in [0.29, 0.717) is 34.7 Å². The van der Waals surface area contributed by atoms with Crippen LogP contribution < -0.4 is 0 Å². The number of hydrogen-bond acceptors (Lipinski definition) is 6. The van der Waals surface area contributed by atoms with Crippen molar-refractivity contribution in [2.24, 2.45) is 0 Å². The molecule has 0 bridgehead atoms. The van der Waals surface area contributed by atoms with Crippen LogP contribution in [-0.4, -0.2) is 38.2 Å². The third-order valence-corrected chi connectivity index (χ3v) is 7.49. The van der Waals surface area contributed by atoms with E-state index in [1.165, 1.54) is 37.1 Å². The molecule has 0 saturated heterocycles. The lowest BCUT2D eigenvalue weighted by atomic mass is 9.88. The molecule has 3 atom stereocenters. The molecule has 2 aromatic carbocycles. The maximum atomic E-state index is 16.2.